The Hall–Kier alpha value is -2.98. The molecule has 0 amide bonds. The Morgan fingerprint density at radius 1 is 1.16 bits per heavy atom. The van der Waals surface area contributed by atoms with Gasteiger partial charge in [-0.3, -0.25) is 4.98 Å². The van der Waals surface area contributed by atoms with Gasteiger partial charge in [-0.05, 0) is 63.7 Å². The van der Waals surface area contributed by atoms with Gasteiger partial charge in [0.25, 0.3) is 0 Å². The summed E-state index contributed by atoms with van der Waals surface area (Å²) in [5.41, 5.74) is 2.57. The summed E-state index contributed by atoms with van der Waals surface area (Å²) in [5.74, 6) is 2.01. The van der Waals surface area contributed by atoms with E-state index in [1.54, 1.807) is 6.20 Å². The Morgan fingerprint density at radius 3 is 2.81 bits per heavy atom. The minimum Gasteiger partial charge on any atom is -0.424 e. The van der Waals surface area contributed by atoms with Gasteiger partial charge in [-0.1, -0.05) is 6.92 Å². The second-order valence-electron chi connectivity index (χ2n) is 9.84. The minimum absolute atomic E-state index is 0.0772. The van der Waals surface area contributed by atoms with Gasteiger partial charge in [0.15, 0.2) is 0 Å². The van der Waals surface area contributed by atoms with Crippen LogP contribution >= 0.6 is 0 Å². The Kier molecular flexibility index (Phi) is 3.94. The number of benzene rings is 1. The van der Waals surface area contributed by atoms with E-state index in [2.05, 4.69) is 57.2 Å². The van der Waals surface area contributed by atoms with Crippen LogP contribution in [0.5, 0.6) is 0 Å². The van der Waals surface area contributed by atoms with E-state index in [1.807, 2.05) is 12.1 Å². The van der Waals surface area contributed by atoms with Gasteiger partial charge in [-0.25, -0.2) is 0 Å². The van der Waals surface area contributed by atoms with Crippen molar-refractivity contribution in [1.82, 2.24) is 20.1 Å². The van der Waals surface area contributed by atoms with Gasteiger partial charge in [0.1, 0.15) is 6.07 Å². The normalized spacial score (nSPS) is 28.6. The van der Waals surface area contributed by atoms with Crippen molar-refractivity contribution < 1.29 is 4.42 Å². The predicted molar refractivity (Wildman–Crippen MR) is 117 cm³/mol. The van der Waals surface area contributed by atoms with E-state index < -0.39 is 0 Å². The second kappa shape index (κ2) is 6.51. The molecule has 2 aliphatic heterocycles. The third-order valence-electron chi connectivity index (χ3n) is 7.85. The van der Waals surface area contributed by atoms with Crippen LogP contribution < -0.4 is 4.90 Å². The molecule has 3 fully saturated rings. The molecule has 2 aromatic heterocycles. The smallest absolute Gasteiger partial charge is 0.225 e. The number of aromatic nitrogens is 3. The lowest BCUT2D eigenvalue weighted by atomic mass is 9.97. The first kappa shape index (κ1) is 18.8. The summed E-state index contributed by atoms with van der Waals surface area (Å²) in [6.07, 6.45) is 5.00. The van der Waals surface area contributed by atoms with Gasteiger partial charge in [0.05, 0.1) is 16.5 Å². The van der Waals surface area contributed by atoms with Crippen LogP contribution in [0, 0.1) is 16.7 Å². The lowest BCUT2D eigenvalue weighted by molar-refractivity contribution is 0.233. The van der Waals surface area contributed by atoms with Gasteiger partial charge >= 0.3 is 0 Å². The number of nitrogens with zero attached hydrogens (tertiary/aromatic N) is 6. The number of fused-ring (bicyclic) bond motifs is 2. The van der Waals surface area contributed by atoms with Crippen molar-refractivity contribution in [2.75, 3.05) is 38.1 Å². The number of rotatable bonds is 3. The molecule has 1 aromatic carbocycles. The molecular formula is C24H26N6O. The Morgan fingerprint density at radius 2 is 2.00 bits per heavy atom. The number of hydrogen-bond donors (Lipinski definition) is 0. The maximum Gasteiger partial charge on any atom is 0.225 e. The lowest BCUT2D eigenvalue weighted by Gasteiger charge is -2.26. The van der Waals surface area contributed by atoms with Gasteiger partial charge in [-0.15, -0.1) is 10.2 Å². The highest BCUT2D eigenvalue weighted by molar-refractivity contribution is 5.95. The molecule has 1 saturated carbocycles. The summed E-state index contributed by atoms with van der Waals surface area (Å²) in [7, 11) is 2.17. The molecule has 1 aliphatic carbocycles. The second-order valence-corrected chi connectivity index (χ2v) is 9.84. The molecule has 4 heterocycles. The molecule has 0 bridgehead atoms. The summed E-state index contributed by atoms with van der Waals surface area (Å²) in [4.78, 5) is 9.24. The summed E-state index contributed by atoms with van der Waals surface area (Å²) < 4.78 is 6.34. The first-order valence-electron chi connectivity index (χ1n) is 11.1. The van der Waals surface area contributed by atoms with Crippen molar-refractivity contribution in [3.63, 3.8) is 0 Å². The van der Waals surface area contributed by atoms with Gasteiger partial charge in [0, 0.05) is 41.7 Å². The highest BCUT2D eigenvalue weighted by Crippen LogP contribution is 2.69. The van der Waals surface area contributed by atoms with Crippen molar-refractivity contribution in [3.05, 3.63) is 47.8 Å². The monoisotopic (exact) mass is 414 g/mol. The topological polar surface area (TPSA) is 82.1 Å². The zero-order chi connectivity index (χ0) is 21.2. The summed E-state index contributed by atoms with van der Waals surface area (Å²) >= 11 is 0. The molecule has 3 aliphatic rings. The van der Waals surface area contributed by atoms with Crippen LogP contribution in [-0.4, -0.2) is 53.3 Å². The predicted octanol–water partition coefficient (Wildman–Crippen LogP) is 3.47. The molecule has 7 heteroatoms. The summed E-state index contributed by atoms with van der Waals surface area (Å²) in [6.45, 7) is 6.29. The highest BCUT2D eigenvalue weighted by Gasteiger charge is 2.73. The van der Waals surface area contributed by atoms with E-state index in [0.717, 1.165) is 73.8 Å². The number of pyridine rings is 1. The Balaban J connectivity index is 1.31. The molecule has 158 valence electrons. The first-order chi connectivity index (χ1) is 15.0. The molecule has 0 N–H and O–H groups in total. The largest absolute Gasteiger partial charge is 0.424 e. The van der Waals surface area contributed by atoms with Crippen LogP contribution in [0.4, 0.5) is 5.69 Å². The molecule has 7 nitrogen and oxygen atoms in total. The van der Waals surface area contributed by atoms with Crippen LogP contribution in [0.15, 0.2) is 34.9 Å². The van der Waals surface area contributed by atoms with E-state index in [-0.39, 0.29) is 10.8 Å². The third kappa shape index (κ3) is 2.71. The van der Waals surface area contributed by atoms with E-state index in [9.17, 15) is 5.26 Å². The SMILES string of the molecule is CN1CCC(c2nnc([C@]34CN(c5ccc(C#N)c6ncccc56)C[C@@]3(C)C4)o2)CC1. The Labute approximate surface area is 181 Å². The fraction of sp³-hybridized carbons (Fsp3) is 0.500. The van der Waals surface area contributed by atoms with E-state index in [4.69, 9.17) is 4.42 Å². The number of hydrogen-bond acceptors (Lipinski definition) is 7. The zero-order valence-corrected chi connectivity index (χ0v) is 18.0. The lowest BCUT2D eigenvalue weighted by Crippen LogP contribution is -2.29. The fourth-order valence-corrected chi connectivity index (χ4v) is 5.82. The number of piperidine rings is 2. The Bertz CT molecular complexity index is 1210. The van der Waals surface area contributed by atoms with Gasteiger partial charge < -0.3 is 14.2 Å². The van der Waals surface area contributed by atoms with Crippen LogP contribution in [0.25, 0.3) is 10.9 Å². The maximum atomic E-state index is 9.46. The van der Waals surface area contributed by atoms with E-state index in [0.29, 0.717) is 11.5 Å². The average molecular weight is 415 g/mol. The van der Waals surface area contributed by atoms with Crippen LogP contribution in [-0.2, 0) is 5.41 Å². The average Bonchev–Trinajstić information content (AvgIpc) is 3.11. The highest BCUT2D eigenvalue weighted by atomic mass is 16.4. The van der Waals surface area contributed by atoms with Crippen molar-refractivity contribution in [1.29, 1.82) is 5.26 Å². The van der Waals surface area contributed by atoms with Crippen LogP contribution in [0.3, 0.4) is 0 Å². The molecule has 0 radical (unpaired) electrons. The molecule has 0 unspecified atom stereocenters. The molecular weight excluding hydrogens is 388 g/mol. The molecule has 3 aromatic rings. The van der Waals surface area contributed by atoms with Crippen molar-refractivity contribution in [2.24, 2.45) is 5.41 Å². The summed E-state index contributed by atoms with van der Waals surface area (Å²) in [5, 5.41) is 19.5. The first-order valence-corrected chi connectivity index (χ1v) is 11.1. The van der Waals surface area contributed by atoms with E-state index >= 15 is 0 Å². The molecule has 2 saturated heterocycles. The molecule has 6 rings (SSSR count). The number of anilines is 1. The molecule has 0 spiro atoms. The van der Waals surface area contributed by atoms with Crippen molar-refractivity contribution >= 4 is 16.6 Å². The summed E-state index contributed by atoms with van der Waals surface area (Å²) in [6, 6.07) is 10.2. The van der Waals surface area contributed by atoms with Gasteiger partial charge in [0.2, 0.25) is 11.8 Å². The number of likely N-dealkylation sites (tertiary alicyclic amines) is 1. The third-order valence-corrected chi connectivity index (χ3v) is 7.85. The quantitative estimate of drug-likeness (QED) is 0.649. The van der Waals surface area contributed by atoms with Gasteiger partial charge in [-0.2, -0.15) is 5.26 Å². The number of nitriles is 1. The zero-order valence-electron chi connectivity index (χ0n) is 18.0. The standard InChI is InChI=1S/C24H26N6O/c1-23-13-24(23,22-28-27-21(31-22)16-7-10-29(2)11-8-16)15-30(14-23)19-6-5-17(12-25)20-18(19)4-3-9-26-20/h3-6,9,16H,7-8,10-11,13-15H2,1-2H3/t23-,24+/m1/s1. The minimum atomic E-state index is -0.0772. The maximum absolute atomic E-state index is 9.46. The van der Waals surface area contributed by atoms with Crippen molar-refractivity contribution in [3.8, 4) is 6.07 Å². The van der Waals surface area contributed by atoms with E-state index in [1.165, 1.54) is 0 Å². The molecule has 2 atom stereocenters. The molecule has 31 heavy (non-hydrogen) atoms. The van der Waals surface area contributed by atoms with Crippen LogP contribution in [0.1, 0.15) is 49.4 Å². The van der Waals surface area contributed by atoms with Crippen LogP contribution in [0.2, 0.25) is 0 Å². The van der Waals surface area contributed by atoms with Crippen molar-refractivity contribution in [2.45, 2.75) is 37.5 Å². The fourth-order valence-electron chi connectivity index (χ4n) is 5.82.